The predicted molar refractivity (Wildman–Crippen MR) is 84.7 cm³/mol. The quantitative estimate of drug-likeness (QED) is 0.804. The minimum absolute atomic E-state index is 0.416. The van der Waals surface area contributed by atoms with Gasteiger partial charge < -0.3 is 0 Å². The molecule has 0 radical (unpaired) electrons. The Morgan fingerprint density at radius 2 is 1.29 bits per heavy atom. The molecule has 2 aromatic rings. The van der Waals surface area contributed by atoms with Crippen LogP contribution in [0.3, 0.4) is 0 Å². The van der Waals surface area contributed by atoms with Gasteiger partial charge in [0.1, 0.15) is 5.78 Å². The Bertz CT molecular complexity index is 530. The van der Waals surface area contributed by atoms with Crippen molar-refractivity contribution in [3.8, 4) is 0 Å². The third-order valence-corrected chi connectivity index (χ3v) is 4.05. The number of ketones is 1. The van der Waals surface area contributed by atoms with Crippen LogP contribution < -0.4 is 0 Å². The second-order valence-electron chi connectivity index (χ2n) is 5.95. The van der Waals surface area contributed by atoms with Gasteiger partial charge in [0.2, 0.25) is 0 Å². The molecule has 0 aromatic heterocycles. The molecular formula is C19H21NO. The van der Waals surface area contributed by atoms with Gasteiger partial charge in [-0.15, -0.1) is 0 Å². The number of carbonyl (C=O) groups excluding carboxylic acids is 1. The van der Waals surface area contributed by atoms with Crippen LogP contribution in [-0.2, 0) is 17.9 Å². The highest BCUT2D eigenvalue weighted by atomic mass is 16.1. The van der Waals surface area contributed by atoms with Crippen molar-refractivity contribution in [2.24, 2.45) is 5.92 Å². The minimum atomic E-state index is 0.416. The van der Waals surface area contributed by atoms with Crippen LogP contribution in [0.2, 0.25) is 0 Å². The van der Waals surface area contributed by atoms with Crippen LogP contribution in [0, 0.1) is 5.92 Å². The molecule has 0 heterocycles. The van der Waals surface area contributed by atoms with E-state index in [9.17, 15) is 4.79 Å². The molecule has 2 nitrogen and oxygen atoms in total. The topological polar surface area (TPSA) is 20.3 Å². The van der Waals surface area contributed by atoms with E-state index in [1.165, 1.54) is 11.1 Å². The van der Waals surface area contributed by atoms with E-state index in [1.54, 1.807) is 0 Å². The molecule has 0 saturated heterocycles. The van der Waals surface area contributed by atoms with E-state index in [2.05, 4.69) is 65.6 Å². The van der Waals surface area contributed by atoms with Crippen LogP contribution >= 0.6 is 0 Å². The van der Waals surface area contributed by atoms with Gasteiger partial charge in [-0.05, 0) is 17.0 Å². The van der Waals surface area contributed by atoms with Crippen molar-refractivity contribution in [1.29, 1.82) is 0 Å². The smallest absolute Gasteiger partial charge is 0.133 e. The highest BCUT2D eigenvalue weighted by Crippen LogP contribution is 2.25. The fourth-order valence-electron chi connectivity index (χ4n) is 2.95. The molecule has 0 bridgehead atoms. The summed E-state index contributed by atoms with van der Waals surface area (Å²) in [5.41, 5.74) is 2.66. The second kappa shape index (κ2) is 6.68. The van der Waals surface area contributed by atoms with Crippen molar-refractivity contribution in [1.82, 2.24) is 4.90 Å². The molecule has 0 atom stereocenters. The van der Waals surface area contributed by atoms with Crippen molar-refractivity contribution in [2.45, 2.75) is 25.9 Å². The van der Waals surface area contributed by atoms with Gasteiger partial charge in [0.15, 0.2) is 0 Å². The Kier molecular flexibility index (Phi) is 4.46. The van der Waals surface area contributed by atoms with Crippen molar-refractivity contribution in [3.05, 3.63) is 71.8 Å². The van der Waals surface area contributed by atoms with E-state index in [-0.39, 0.29) is 0 Å². The minimum Gasteiger partial charge on any atom is -0.300 e. The average Bonchev–Trinajstić information content (AvgIpc) is 2.48. The third-order valence-electron chi connectivity index (χ3n) is 4.05. The molecule has 108 valence electrons. The van der Waals surface area contributed by atoms with E-state index in [0.717, 1.165) is 32.5 Å². The van der Waals surface area contributed by atoms with Crippen LogP contribution in [0.15, 0.2) is 60.7 Å². The molecule has 1 saturated carbocycles. The summed E-state index contributed by atoms with van der Waals surface area (Å²) in [7, 11) is 0. The van der Waals surface area contributed by atoms with Crippen LogP contribution in [-0.4, -0.2) is 17.2 Å². The summed E-state index contributed by atoms with van der Waals surface area (Å²) in [6, 6.07) is 21.1. The summed E-state index contributed by atoms with van der Waals surface area (Å²) in [4.78, 5) is 13.6. The van der Waals surface area contributed by atoms with Crippen LogP contribution in [0.4, 0.5) is 0 Å². The van der Waals surface area contributed by atoms with E-state index in [0.29, 0.717) is 11.7 Å². The SMILES string of the molecule is O=C1CC(CN(Cc2ccccc2)Cc2ccccc2)C1. The molecule has 3 rings (SSSR count). The molecule has 0 amide bonds. The van der Waals surface area contributed by atoms with Gasteiger partial charge >= 0.3 is 0 Å². The summed E-state index contributed by atoms with van der Waals surface area (Å²) in [6.45, 7) is 2.90. The van der Waals surface area contributed by atoms with E-state index >= 15 is 0 Å². The molecular weight excluding hydrogens is 258 g/mol. The average molecular weight is 279 g/mol. The molecule has 0 N–H and O–H groups in total. The van der Waals surface area contributed by atoms with E-state index in [4.69, 9.17) is 0 Å². The first kappa shape index (κ1) is 14.0. The Morgan fingerprint density at radius 3 is 1.71 bits per heavy atom. The molecule has 21 heavy (non-hydrogen) atoms. The summed E-state index contributed by atoms with van der Waals surface area (Å²) in [5.74, 6) is 0.962. The fraction of sp³-hybridized carbons (Fsp3) is 0.316. The number of nitrogens with zero attached hydrogens (tertiary/aromatic N) is 1. The molecule has 2 heteroatoms. The molecule has 1 fully saturated rings. The van der Waals surface area contributed by atoms with Crippen molar-refractivity contribution < 1.29 is 4.79 Å². The Morgan fingerprint density at radius 1 is 0.810 bits per heavy atom. The zero-order valence-corrected chi connectivity index (χ0v) is 12.2. The highest BCUT2D eigenvalue weighted by Gasteiger charge is 2.28. The first-order chi connectivity index (χ1) is 10.3. The second-order valence-corrected chi connectivity index (χ2v) is 5.95. The Balaban J connectivity index is 1.66. The zero-order valence-electron chi connectivity index (χ0n) is 12.2. The molecule has 0 aliphatic heterocycles. The molecule has 2 aromatic carbocycles. The maximum atomic E-state index is 11.2. The number of rotatable bonds is 6. The van der Waals surface area contributed by atoms with Crippen LogP contribution in [0.25, 0.3) is 0 Å². The van der Waals surface area contributed by atoms with E-state index in [1.807, 2.05) is 0 Å². The molecule has 0 spiro atoms. The summed E-state index contributed by atoms with van der Waals surface area (Å²) in [6.07, 6.45) is 1.53. The van der Waals surface area contributed by atoms with Gasteiger partial charge in [-0.3, -0.25) is 9.69 Å². The molecule has 0 unspecified atom stereocenters. The lowest BCUT2D eigenvalue weighted by Crippen LogP contribution is -2.36. The van der Waals surface area contributed by atoms with Crippen molar-refractivity contribution in [3.63, 3.8) is 0 Å². The van der Waals surface area contributed by atoms with Gasteiger partial charge in [-0.1, -0.05) is 60.7 Å². The van der Waals surface area contributed by atoms with Gasteiger partial charge in [0.25, 0.3) is 0 Å². The number of Topliss-reactive ketones (excluding diaryl/α,β-unsaturated/α-hetero) is 1. The van der Waals surface area contributed by atoms with Gasteiger partial charge in [0.05, 0.1) is 0 Å². The van der Waals surface area contributed by atoms with Gasteiger partial charge in [0, 0.05) is 32.5 Å². The van der Waals surface area contributed by atoms with Gasteiger partial charge in [-0.25, -0.2) is 0 Å². The van der Waals surface area contributed by atoms with E-state index < -0.39 is 0 Å². The summed E-state index contributed by atoms with van der Waals surface area (Å²) >= 11 is 0. The number of hydrogen-bond donors (Lipinski definition) is 0. The Labute approximate surface area is 126 Å². The van der Waals surface area contributed by atoms with Gasteiger partial charge in [-0.2, -0.15) is 0 Å². The monoisotopic (exact) mass is 279 g/mol. The third kappa shape index (κ3) is 4.02. The van der Waals surface area contributed by atoms with Crippen LogP contribution in [0.1, 0.15) is 24.0 Å². The summed E-state index contributed by atoms with van der Waals surface area (Å²) in [5, 5.41) is 0. The number of hydrogen-bond acceptors (Lipinski definition) is 2. The lowest BCUT2D eigenvalue weighted by atomic mass is 9.83. The lowest BCUT2D eigenvalue weighted by Gasteiger charge is -2.31. The fourth-order valence-corrected chi connectivity index (χ4v) is 2.95. The largest absolute Gasteiger partial charge is 0.300 e. The first-order valence-corrected chi connectivity index (χ1v) is 7.61. The standard InChI is InChI=1S/C19H21NO/c21-19-11-18(12-19)15-20(13-16-7-3-1-4-8-16)14-17-9-5-2-6-10-17/h1-10,18H,11-15H2. The normalized spacial score (nSPS) is 15.2. The van der Waals surface area contributed by atoms with Crippen LogP contribution in [0.5, 0.6) is 0 Å². The van der Waals surface area contributed by atoms with Crippen molar-refractivity contribution >= 4 is 5.78 Å². The summed E-state index contributed by atoms with van der Waals surface area (Å²) < 4.78 is 0. The maximum absolute atomic E-state index is 11.2. The number of benzene rings is 2. The molecule has 1 aliphatic carbocycles. The predicted octanol–water partition coefficient (Wildman–Crippen LogP) is 3.67. The lowest BCUT2D eigenvalue weighted by molar-refractivity contribution is -0.127. The zero-order chi connectivity index (χ0) is 14.5. The molecule has 1 aliphatic rings. The maximum Gasteiger partial charge on any atom is 0.133 e. The van der Waals surface area contributed by atoms with Crippen molar-refractivity contribution in [2.75, 3.05) is 6.54 Å². The number of carbonyl (C=O) groups is 1. The Hall–Kier alpha value is -1.93. The highest BCUT2D eigenvalue weighted by molar-refractivity contribution is 5.84. The first-order valence-electron chi connectivity index (χ1n) is 7.61.